The Morgan fingerprint density at radius 3 is 2.42 bits per heavy atom. The molecule has 2 unspecified atom stereocenters. The lowest BCUT2D eigenvalue weighted by atomic mass is 10.2. The molecule has 0 aromatic heterocycles. The van der Waals surface area contributed by atoms with Crippen molar-refractivity contribution < 1.29 is 23.8 Å². The predicted octanol–water partition coefficient (Wildman–Crippen LogP) is 3.10. The molecule has 2 rings (SSSR count). The fourth-order valence-corrected chi connectivity index (χ4v) is 2.63. The molecule has 132 valence electrons. The third-order valence-electron chi connectivity index (χ3n) is 3.71. The molecule has 1 heterocycles. The molecule has 1 fully saturated rings. The number of rotatable bonds is 4. The van der Waals surface area contributed by atoms with Crippen molar-refractivity contribution in [3.8, 4) is 0 Å². The van der Waals surface area contributed by atoms with E-state index in [-0.39, 0.29) is 6.61 Å². The van der Waals surface area contributed by atoms with Crippen LogP contribution in [0.1, 0.15) is 39.2 Å². The molecule has 24 heavy (non-hydrogen) atoms. The fourth-order valence-electron chi connectivity index (χ4n) is 2.63. The SMILES string of the molecule is COC1CCC(C(=O)OCc2ccccc2)N1C(=O)OC(C)(C)C. The van der Waals surface area contributed by atoms with Crippen LogP contribution in [0.15, 0.2) is 30.3 Å². The Kier molecular flexibility index (Phi) is 5.83. The van der Waals surface area contributed by atoms with Gasteiger partial charge in [-0.2, -0.15) is 0 Å². The van der Waals surface area contributed by atoms with Crippen LogP contribution in [-0.4, -0.2) is 41.9 Å². The van der Waals surface area contributed by atoms with E-state index >= 15 is 0 Å². The smallest absolute Gasteiger partial charge is 0.413 e. The van der Waals surface area contributed by atoms with Gasteiger partial charge in [0.15, 0.2) is 0 Å². The topological polar surface area (TPSA) is 65.1 Å². The Morgan fingerprint density at radius 2 is 1.83 bits per heavy atom. The summed E-state index contributed by atoms with van der Waals surface area (Å²) in [7, 11) is 1.51. The zero-order valence-corrected chi connectivity index (χ0v) is 14.7. The van der Waals surface area contributed by atoms with Crippen LogP contribution in [0.4, 0.5) is 4.79 Å². The van der Waals surface area contributed by atoms with E-state index in [2.05, 4.69) is 0 Å². The summed E-state index contributed by atoms with van der Waals surface area (Å²) in [5.41, 5.74) is 0.257. The van der Waals surface area contributed by atoms with Gasteiger partial charge in [0.1, 0.15) is 24.5 Å². The molecule has 0 aliphatic carbocycles. The number of benzene rings is 1. The van der Waals surface area contributed by atoms with E-state index in [9.17, 15) is 9.59 Å². The summed E-state index contributed by atoms with van der Waals surface area (Å²) in [4.78, 5) is 26.2. The molecule has 6 nitrogen and oxygen atoms in total. The zero-order chi connectivity index (χ0) is 17.7. The Bertz CT molecular complexity index is 567. The summed E-state index contributed by atoms with van der Waals surface area (Å²) >= 11 is 0. The third-order valence-corrected chi connectivity index (χ3v) is 3.71. The van der Waals surface area contributed by atoms with E-state index in [4.69, 9.17) is 14.2 Å². The quantitative estimate of drug-likeness (QED) is 0.791. The van der Waals surface area contributed by atoms with Crippen LogP contribution in [0.3, 0.4) is 0 Å². The van der Waals surface area contributed by atoms with Crippen molar-refractivity contribution in [3.63, 3.8) is 0 Å². The largest absolute Gasteiger partial charge is 0.459 e. The number of amides is 1. The molecule has 1 aliphatic heterocycles. The lowest BCUT2D eigenvalue weighted by molar-refractivity contribution is -0.152. The van der Waals surface area contributed by atoms with Crippen LogP contribution in [0.25, 0.3) is 0 Å². The summed E-state index contributed by atoms with van der Waals surface area (Å²) < 4.78 is 16.1. The summed E-state index contributed by atoms with van der Waals surface area (Å²) in [6, 6.07) is 8.74. The second-order valence-electron chi connectivity index (χ2n) is 6.76. The highest BCUT2D eigenvalue weighted by molar-refractivity contribution is 5.82. The Morgan fingerprint density at radius 1 is 1.17 bits per heavy atom. The van der Waals surface area contributed by atoms with Crippen LogP contribution in [-0.2, 0) is 25.6 Å². The van der Waals surface area contributed by atoms with Crippen molar-refractivity contribution >= 4 is 12.1 Å². The molecule has 1 amide bonds. The van der Waals surface area contributed by atoms with Crippen LogP contribution < -0.4 is 0 Å². The normalized spacial score (nSPS) is 20.8. The molecule has 1 saturated heterocycles. The minimum absolute atomic E-state index is 0.177. The van der Waals surface area contributed by atoms with E-state index in [1.807, 2.05) is 30.3 Å². The van der Waals surface area contributed by atoms with Gasteiger partial charge in [-0.15, -0.1) is 0 Å². The van der Waals surface area contributed by atoms with Crippen molar-refractivity contribution in [1.29, 1.82) is 0 Å². The zero-order valence-electron chi connectivity index (χ0n) is 14.7. The van der Waals surface area contributed by atoms with E-state index < -0.39 is 29.9 Å². The minimum Gasteiger partial charge on any atom is -0.459 e. The van der Waals surface area contributed by atoms with Gasteiger partial charge in [0, 0.05) is 7.11 Å². The van der Waals surface area contributed by atoms with E-state index in [1.54, 1.807) is 20.8 Å². The number of likely N-dealkylation sites (tertiary alicyclic amines) is 1. The molecule has 6 heteroatoms. The molecule has 1 aromatic carbocycles. The predicted molar refractivity (Wildman–Crippen MR) is 88.1 cm³/mol. The molecule has 0 spiro atoms. The highest BCUT2D eigenvalue weighted by Gasteiger charge is 2.44. The lowest BCUT2D eigenvalue weighted by Crippen LogP contribution is -2.48. The first-order chi connectivity index (χ1) is 11.3. The van der Waals surface area contributed by atoms with Gasteiger partial charge in [-0.05, 0) is 39.2 Å². The second-order valence-corrected chi connectivity index (χ2v) is 6.76. The number of hydrogen-bond donors (Lipinski definition) is 0. The van der Waals surface area contributed by atoms with Crippen molar-refractivity contribution in [1.82, 2.24) is 4.90 Å². The molecule has 1 aromatic rings. The van der Waals surface area contributed by atoms with Crippen molar-refractivity contribution in [2.75, 3.05) is 7.11 Å². The molecule has 0 bridgehead atoms. The van der Waals surface area contributed by atoms with E-state index in [0.29, 0.717) is 12.8 Å². The van der Waals surface area contributed by atoms with Crippen LogP contribution >= 0.6 is 0 Å². The van der Waals surface area contributed by atoms with Gasteiger partial charge in [-0.1, -0.05) is 30.3 Å². The van der Waals surface area contributed by atoms with Crippen molar-refractivity contribution in [2.24, 2.45) is 0 Å². The highest BCUT2D eigenvalue weighted by Crippen LogP contribution is 2.28. The number of hydrogen-bond acceptors (Lipinski definition) is 5. The monoisotopic (exact) mass is 335 g/mol. The molecule has 0 N–H and O–H groups in total. The number of nitrogens with zero attached hydrogens (tertiary/aromatic N) is 1. The number of methoxy groups -OCH3 is 1. The average molecular weight is 335 g/mol. The van der Waals surface area contributed by atoms with Gasteiger partial charge in [0.2, 0.25) is 0 Å². The maximum atomic E-state index is 12.4. The number of ether oxygens (including phenoxy) is 3. The van der Waals surface area contributed by atoms with Gasteiger partial charge in [-0.25, -0.2) is 9.59 Å². The van der Waals surface area contributed by atoms with Gasteiger partial charge >= 0.3 is 12.1 Å². The van der Waals surface area contributed by atoms with Crippen LogP contribution in [0.2, 0.25) is 0 Å². The van der Waals surface area contributed by atoms with E-state index in [1.165, 1.54) is 12.0 Å². The first kappa shape index (κ1) is 18.3. The molecular formula is C18H25NO5. The van der Waals surface area contributed by atoms with Crippen LogP contribution in [0.5, 0.6) is 0 Å². The van der Waals surface area contributed by atoms with Crippen molar-refractivity contribution in [3.05, 3.63) is 35.9 Å². The van der Waals surface area contributed by atoms with Gasteiger partial charge < -0.3 is 14.2 Å². The Balaban J connectivity index is 2.03. The van der Waals surface area contributed by atoms with E-state index in [0.717, 1.165) is 5.56 Å². The lowest BCUT2D eigenvalue weighted by Gasteiger charge is -2.30. The van der Waals surface area contributed by atoms with Gasteiger partial charge in [0.25, 0.3) is 0 Å². The van der Waals surface area contributed by atoms with Gasteiger partial charge in [-0.3, -0.25) is 4.90 Å². The first-order valence-corrected chi connectivity index (χ1v) is 8.06. The number of carbonyl (C=O) groups excluding carboxylic acids is 2. The molecule has 0 radical (unpaired) electrons. The minimum atomic E-state index is -0.687. The average Bonchev–Trinajstić information content (AvgIpc) is 2.96. The summed E-state index contributed by atoms with van der Waals surface area (Å²) in [5, 5.41) is 0. The standard InChI is InChI=1S/C18H25NO5/c1-18(2,3)24-17(21)19-14(10-11-15(19)22-4)16(20)23-12-13-8-6-5-7-9-13/h5-9,14-15H,10-12H2,1-4H3. The molecule has 2 atom stereocenters. The first-order valence-electron chi connectivity index (χ1n) is 8.06. The molecule has 0 saturated carbocycles. The van der Waals surface area contributed by atoms with Gasteiger partial charge in [0.05, 0.1) is 0 Å². The Labute approximate surface area is 142 Å². The van der Waals surface area contributed by atoms with Crippen molar-refractivity contribution in [2.45, 2.75) is 58.1 Å². The third kappa shape index (κ3) is 4.71. The second kappa shape index (κ2) is 7.66. The summed E-state index contributed by atoms with van der Waals surface area (Å²) in [5.74, 6) is -0.440. The summed E-state index contributed by atoms with van der Waals surface area (Å²) in [6.07, 6.45) is 0.0225. The number of esters is 1. The maximum Gasteiger partial charge on any atom is 0.413 e. The molecule has 1 aliphatic rings. The molecular weight excluding hydrogens is 310 g/mol. The summed E-state index contributed by atoms with van der Waals surface area (Å²) in [6.45, 7) is 5.53. The fraction of sp³-hybridized carbons (Fsp3) is 0.556. The highest BCUT2D eigenvalue weighted by atomic mass is 16.6. The number of carbonyl (C=O) groups is 2. The Hall–Kier alpha value is -2.08. The maximum absolute atomic E-state index is 12.4. The van der Waals surface area contributed by atoms with Crippen LogP contribution in [0, 0.1) is 0 Å².